The van der Waals surface area contributed by atoms with Crippen LogP contribution in [0.15, 0.2) is 11.6 Å². The number of hydrogen-bond donors (Lipinski definition) is 1. The number of amides is 1. The molecule has 1 aliphatic rings. The SMILES string of the molecule is CC(C)(C)OC(=O)N1CCC=C(C(=N)CC=O)C1. The van der Waals surface area contributed by atoms with E-state index in [0.717, 1.165) is 5.57 Å². The molecule has 0 bridgehead atoms. The first kappa shape index (κ1) is 14.4. The predicted molar refractivity (Wildman–Crippen MR) is 68.9 cm³/mol. The van der Waals surface area contributed by atoms with Crippen LogP contribution in [0.1, 0.15) is 33.6 Å². The minimum Gasteiger partial charge on any atom is -0.444 e. The highest BCUT2D eigenvalue weighted by molar-refractivity contribution is 6.04. The maximum atomic E-state index is 11.9. The van der Waals surface area contributed by atoms with Gasteiger partial charge in [0.25, 0.3) is 0 Å². The molecule has 0 aliphatic carbocycles. The summed E-state index contributed by atoms with van der Waals surface area (Å²) >= 11 is 0. The maximum Gasteiger partial charge on any atom is 0.410 e. The third kappa shape index (κ3) is 4.31. The van der Waals surface area contributed by atoms with Crippen LogP contribution >= 0.6 is 0 Å². The minimum atomic E-state index is -0.519. The molecule has 5 nitrogen and oxygen atoms in total. The average molecular weight is 252 g/mol. The molecule has 0 unspecified atom stereocenters. The first-order chi connectivity index (χ1) is 8.33. The van der Waals surface area contributed by atoms with Gasteiger partial charge >= 0.3 is 6.09 Å². The zero-order valence-electron chi connectivity index (χ0n) is 11.2. The van der Waals surface area contributed by atoms with E-state index >= 15 is 0 Å². The summed E-state index contributed by atoms with van der Waals surface area (Å²) < 4.78 is 5.28. The molecule has 0 spiro atoms. The molecule has 0 aromatic carbocycles. The molecule has 1 aliphatic heterocycles. The van der Waals surface area contributed by atoms with Gasteiger partial charge in [-0.05, 0) is 32.8 Å². The molecule has 0 saturated heterocycles. The molecule has 0 radical (unpaired) electrons. The Hall–Kier alpha value is -1.65. The van der Waals surface area contributed by atoms with Crippen LogP contribution in [0.3, 0.4) is 0 Å². The highest BCUT2D eigenvalue weighted by atomic mass is 16.6. The number of carbonyl (C=O) groups is 2. The van der Waals surface area contributed by atoms with E-state index in [1.165, 1.54) is 0 Å². The number of aldehydes is 1. The standard InChI is InChI=1S/C13H20N2O3/c1-13(2,3)18-12(17)15-7-4-5-10(9-15)11(14)6-8-16/h5,8,14H,4,6-7,9H2,1-3H3. The second kappa shape index (κ2) is 5.80. The molecule has 1 rings (SSSR count). The van der Waals surface area contributed by atoms with Crippen LogP contribution in [0.2, 0.25) is 0 Å². The lowest BCUT2D eigenvalue weighted by Gasteiger charge is -2.30. The van der Waals surface area contributed by atoms with Crippen molar-refractivity contribution in [3.05, 3.63) is 11.6 Å². The predicted octanol–water partition coefficient (Wildman–Crippen LogP) is 2.16. The molecule has 1 heterocycles. The molecular weight excluding hydrogens is 232 g/mol. The summed E-state index contributed by atoms with van der Waals surface area (Å²) in [4.78, 5) is 23.8. The lowest BCUT2D eigenvalue weighted by molar-refractivity contribution is -0.106. The summed E-state index contributed by atoms with van der Waals surface area (Å²) in [5.74, 6) is 0. The van der Waals surface area contributed by atoms with E-state index in [4.69, 9.17) is 10.1 Å². The summed E-state index contributed by atoms with van der Waals surface area (Å²) in [6.45, 7) is 6.40. The van der Waals surface area contributed by atoms with Crippen molar-refractivity contribution < 1.29 is 14.3 Å². The molecule has 0 aromatic heterocycles. The van der Waals surface area contributed by atoms with Crippen LogP contribution in [-0.2, 0) is 9.53 Å². The summed E-state index contributed by atoms with van der Waals surface area (Å²) in [6, 6.07) is 0. The van der Waals surface area contributed by atoms with Gasteiger partial charge in [0.1, 0.15) is 11.9 Å². The monoisotopic (exact) mass is 252 g/mol. The van der Waals surface area contributed by atoms with Gasteiger partial charge in [-0.2, -0.15) is 0 Å². The number of nitrogens with zero attached hydrogens (tertiary/aromatic N) is 1. The van der Waals surface area contributed by atoms with E-state index in [1.54, 1.807) is 4.90 Å². The Morgan fingerprint density at radius 2 is 2.22 bits per heavy atom. The van der Waals surface area contributed by atoms with Crippen molar-refractivity contribution >= 4 is 18.1 Å². The Labute approximate surface area is 107 Å². The van der Waals surface area contributed by atoms with Crippen molar-refractivity contribution in [1.82, 2.24) is 4.90 Å². The number of nitrogens with one attached hydrogen (secondary N) is 1. The average Bonchev–Trinajstić information content (AvgIpc) is 2.27. The fourth-order valence-corrected chi connectivity index (χ4v) is 1.66. The molecule has 0 fully saturated rings. The lowest BCUT2D eigenvalue weighted by Crippen LogP contribution is -2.40. The van der Waals surface area contributed by atoms with Crippen LogP contribution in [0.25, 0.3) is 0 Å². The zero-order valence-corrected chi connectivity index (χ0v) is 11.2. The van der Waals surface area contributed by atoms with Gasteiger partial charge in [0.15, 0.2) is 0 Å². The van der Waals surface area contributed by atoms with Crippen molar-refractivity contribution in [2.24, 2.45) is 0 Å². The largest absolute Gasteiger partial charge is 0.444 e. The van der Waals surface area contributed by atoms with Crippen molar-refractivity contribution in [3.8, 4) is 0 Å². The zero-order chi connectivity index (χ0) is 13.8. The van der Waals surface area contributed by atoms with Crippen LogP contribution in [-0.4, -0.2) is 41.7 Å². The Morgan fingerprint density at radius 3 is 2.78 bits per heavy atom. The quantitative estimate of drug-likeness (QED) is 0.618. The normalized spacial score (nSPS) is 15.9. The Kier molecular flexibility index (Phi) is 4.64. The molecule has 1 amide bonds. The van der Waals surface area contributed by atoms with Gasteiger partial charge in [-0.25, -0.2) is 4.79 Å². The molecular formula is C13H20N2O3. The van der Waals surface area contributed by atoms with E-state index in [1.807, 2.05) is 26.8 Å². The van der Waals surface area contributed by atoms with E-state index in [2.05, 4.69) is 0 Å². The third-order valence-electron chi connectivity index (χ3n) is 2.48. The van der Waals surface area contributed by atoms with Crippen LogP contribution in [0.5, 0.6) is 0 Å². The molecule has 18 heavy (non-hydrogen) atoms. The van der Waals surface area contributed by atoms with Crippen molar-refractivity contribution in [2.75, 3.05) is 13.1 Å². The van der Waals surface area contributed by atoms with E-state index < -0.39 is 5.60 Å². The molecule has 0 aromatic rings. The summed E-state index contributed by atoms with van der Waals surface area (Å²) in [5.41, 5.74) is 0.492. The number of rotatable bonds is 3. The molecule has 5 heteroatoms. The fourth-order valence-electron chi connectivity index (χ4n) is 1.66. The fraction of sp³-hybridized carbons (Fsp3) is 0.615. The first-order valence-corrected chi connectivity index (χ1v) is 6.02. The Bertz CT molecular complexity index is 380. The van der Waals surface area contributed by atoms with Crippen LogP contribution < -0.4 is 0 Å². The van der Waals surface area contributed by atoms with E-state index in [-0.39, 0.29) is 18.2 Å². The Morgan fingerprint density at radius 1 is 1.56 bits per heavy atom. The number of ether oxygens (including phenoxy) is 1. The van der Waals surface area contributed by atoms with E-state index in [9.17, 15) is 9.59 Å². The summed E-state index contributed by atoms with van der Waals surface area (Å²) in [6.07, 6.45) is 3.03. The highest BCUT2D eigenvalue weighted by Gasteiger charge is 2.25. The third-order valence-corrected chi connectivity index (χ3v) is 2.48. The Balaban J connectivity index is 2.62. The van der Waals surface area contributed by atoms with Gasteiger partial charge in [0.2, 0.25) is 0 Å². The summed E-state index contributed by atoms with van der Waals surface area (Å²) in [5, 5.41) is 7.72. The van der Waals surface area contributed by atoms with Crippen molar-refractivity contribution in [2.45, 2.75) is 39.2 Å². The maximum absolute atomic E-state index is 11.9. The van der Waals surface area contributed by atoms with Gasteiger partial charge in [0, 0.05) is 18.7 Å². The second-order valence-electron chi connectivity index (χ2n) is 5.27. The second-order valence-corrected chi connectivity index (χ2v) is 5.27. The first-order valence-electron chi connectivity index (χ1n) is 6.02. The van der Waals surface area contributed by atoms with Crippen molar-refractivity contribution in [3.63, 3.8) is 0 Å². The smallest absolute Gasteiger partial charge is 0.410 e. The topological polar surface area (TPSA) is 70.5 Å². The van der Waals surface area contributed by atoms with Gasteiger partial charge in [-0.15, -0.1) is 0 Å². The molecule has 0 saturated carbocycles. The van der Waals surface area contributed by atoms with Gasteiger partial charge in [-0.1, -0.05) is 6.08 Å². The minimum absolute atomic E-state index is 0.0913. The summed E-state index contributed by atoms with van der Waals surface area (Å²) in [7, 11) is 0. The van der Waals surface area contributed by atoms with Crippen molar-refractivity contribution in [1.29, 1.82) is 5.41 Å². The van der Waals surface area contributed by atoms with Gasteiger partial charge in [0.05, 0.1) is 6.54 Å². The molecule has 1 N–H and O–H groups in total. The van der Waals surface area contributed by atoms with Crippen LogP contribution in [0.4, 0.5) is 4.79 Å². The molecule has 0 atom stereocenters. The van der Waals surface area contributed by atoms with Gasteiger partial charge in [-0.3, -0.25) is 0 Å². The number of hydrogen-bond acceptors (Lipinski definition) is 4. The number of carbonyl (C=O) groups excluding carboxylic acids is 2. The molecule has 100 valence electrons. The van der Waals surface area contributed by atoms with Crippen LogP contribution in [0, 0.1) is 5.41 Å². The lowest BCUT2D eigenvalue weighted by atomic mass is 10.0. The highest BCUT2D eigenvalue weighted by Crippen LogP contribution is 2.16. The van der Waals surface area contributed by atoms with Gasteiger partial charge < -0.3 is 19.8 Å². The van der Waals surface area contributed by atoms with E-state index in [0.29, 0.717) is 25.8 Å².